The Hall–Kier alpha value is -2.87. The Balaban J connectivity index is 1.81. The van der Waals surface area contributed by atoms with E-state index in [1.165, 1.54) is 5.56 Å². The van der Waals surface area contributed by atoms with Gasteiger partial charge in [0.15, 0.2) is 12.0 Å². The van der Waals surface area contributed by atoms with E-state index < -0.39 is 5.60 Å². The van der Waals surface area contributed by atoms with Gasteiger partial charge in [0.2, 0.25) is 0 Å². The monoisotopic (exact) mass is 313 g/mol. The molecule has 0 aromatic heterocycles. The average Bonchev–Trinajstić information content (AvgIpc) is 3.08. The van der Waals surface area contributed by atoms with Crippen molar-refractivity contribution < 1.29 is 4.74 Å². The van der Waals surface area contributed by atoms with Gasteiger partial charge in [0.05, 0.1) is 0 Å². The fraction of sp³-hybridized carbons (Fsp3) is 0.136. The maximum Gasteiger partial charge on any atom is 0.183 e. The number of aliphatic imine (C=N–C) groups is 1. The van der Waals surface area contributed by atoms with E-state index in [0.29, 0.717) is 0 Å². The zero-order valence-electron chi connectivity index (χ0n) is 13.4. The molecule has 0 saturated heterocycles. The summed E-state index contributed by atoms with van der Waals surface area (Å²) < 4.78 is 6.21. The van der Waals surface area contributed by atoms with Crippen molar-refractivity contribution in [3.8, 4) is 0 Å². The number of hydrogen-bond acceptors (Lipinski definition) is 2. The Bertz CT molecular complexity index is 773. The van der Waals surface area contributed by atoms with E-state index >= 15 is 0 Å². The Labute approximate surface area is 142 Å². The van der Waals surface area contributed by atoms with E-state index in [-0.39, 0.29) is 6.04 Å². The van der Waals surface area contributed by atoms with Crippen LogP contribution in [0.5, 0.6) is 0 Å². The van der Waals surface area contributed by atoms with Gasteiger partial charge >= 0.3 is 0 Å². The van der Waals surface area contributed by atoms with Gasteiger partial charge in [-0.3, -0.25) is 0 Å². The molecule has 0 radical (unpaired) electrons. The van der Waals surface area contributed by atoms with E-state index in [0.717, 1.165) is 17.5 Å². The molecule has 1 unspecified atom stereocenters. The number of nitrogens with zero attached hydrogens (tertiary/aromatic N) is 1. The quantitative estimate of drug-likeness (QED) is 0.690. The van der Waals surface area contributed by atoms with Gasteiger partial charge in [-0.05, 0) is 12.0 Å². The molecule has 1 heterocycles. The van der Waals surface area contributed by atoms with Crippen LogP contribution in [0.3, 0.4) is 0 Å². The fourth-order valence-electron chi connectivity index (χ4n) is 3.46. The zero-order chi connectivity index (χ0) is 16.2. The van der Waals surface area contributed by atoms with Gasteiger partial charge in [-0.25, -0.2) is 4.99 Å². The van der Waals surface area contributed by atoms with Gasteiger partial charge in [-0.2, -0.15) is 0 Å². The second-order valence-corrected chi connectivity index (χ2v) is 6.05. The molecule has 2 heteroatoms. The number of ether oxygens (including phenoxy) is 1. The van der Waals surface area contributed by atoms with Crippen molar-refractivity contribution in [2.45, 2.75) is 18.1 Å². The van der Waals surface area contributed by atoms with Crippen LogP contribution in [0.1, 0.15) is 16.7 Å². The number of rotatable bonds is 4. The Morgan fingerprint density at radius 3 is 1.75 bits per heavy atom. The van der Waals surface area contributed by atoms with E-state index in [4.69, 9.17) is 9.73 Å². The third-order valence-corrected chi connectivity index (χ3v) is 4.63. The molecular formula is C22H19NO. The van der Waals surface area contributed by atoms with Crippen molar-refractivity contribution >= 4 is 6.40 Å². The summed E-state index contributed by atoms with van der Waals surface area (Å²) in [5, 5.41) is 0. The lowest BCUT2D eigenvalue weighted by Gasteiger charge is -2.34. The van der Waals surface area contributed by atoms with Crippen LogP contribution in [-0.4, -0.2) is 12.4 Å². The van der Waals surface area contributed by atoms with Crippen LogP contribution in [0.15, 0.2) is 96.0 Å². The van der Waals surface area contributed by atoms with Crippen molar-refractivity contribution in [3.05, 3.63) is 108 Å². The third-order valence-electron chi connectivity index (χ3n) is 4.63. The molecule has 0 aliphatic carbocycles. The first-order chi connectivity index (χ1) is 11.9. The van der Waals surface area contributed by atoms with E-state index in [9.17, 15) is 0 Å². The largest absolute Gasteiger partial charge is 0.465 e. The van der Waals surface area contributed by atoms with E-state index in [2.05, 4.69) is 72.8 Å². The molecule has 0 N–H and O–H groups in total. The van der Waals surface area contributed by atoms with Crippen LogP contribution in [-0.2, 0) is 16.8 Å². The van der Waals surface area contributed by atoms with Crippen molar-refractivity contribution in [2.24, 2.45) is 4.99 Å². The molecule has 0 bridgehead atoms. The first-order valence-corrected chi connectivity index (χ1v) is 8.24. The van der Waals surface area contributed by atoms with Crippen molar-refractivity contribution in [1.82, 2.24) is 0 Å². The lowest BCUT2D eigenvalue weighted by molar-refractivity contribution is 0.104. The van der Waals surface area contributed by atoms with Crippen LogP contribution in [0.2, 0.25) is 0 Å². The first-order valence-electron chi connectivity index (χ1n) is 8.24. The highest BCUT2D eigenvalue weighted by molar-refractivity contribution is 5.57. The molecule has 3 aromatic carbocycles. The van der Waals surface area contributed by atoms with Gasteiger partial charge in [-0.1, -0.05) is 91.0 Å². The molecular weight excluding hydrogens is 294 g/mol. The lowest BCUT2D eigenvalue weighted by Crippen LogP contribution is -2.39. The topological polar surface area (TPSA) is 21.6 Å². The maximum absolute atomic E-state index is 6.21. The van der Waals surface area contributed by atoms with Crippen molar-refractivity contribution in [2.75, 3.05) is 0 Å². The summed E-state index contributed by atoms with van der Waals surface area (Å²) in [6, 6.07) is 31.3. The number of hydrogen-bond donors (Lipinski definition) is 0. The molecule has 0 fully saturated rings. The van der Waals surface area contributed by atoms with Crippen LogP contribution in [0.4, 0.5) is 0 Å². The predicted molar refractivity (Wildman–Crippen MR) is 97.2 cm³/mol. The van der Waals surface area contributed by atoms with Gasteiger partial charge in [0.1, 0.15) is 6.04 Å². The smallest absolute Gasteiger partial charge is 0.183 e. The second kappa shape index (κ2) is 6.32. The highest BCUT2D eigenvalue weighted by Crippen LogP contribution is 2.42. The third kappa shape index (κ3) is 2.50. The Morgan fingerprint density at radius 2 is 1.21 bits per heavy atom. The summed E-state index contributed by atoms with van der Waals surface area (Å²) >= 11 is 0. The molecule has 118 valence electrons. The standard InChI is InChI=1S/C22H19NO/c1-4-10-18(11-5-1)16-21-22(24-17-23-21,19-12-6-2-7-13-19)20-14-8-3-9-15-20/h1-15,17,21H,16H2. The highest BCUT2D eigenvalue weighted by atomic mass is 16.5. The summed E-state index contributed by atoms with van der Waals surface area (Å²) in [5.74, 6) is 0. The second-order valence-electron chi connectivity index (χ2n) is 6.05. The SMILES string of the molecule is C1=NC(Cc2ccccc2)C(c2ccccc2)(c2ccccc2)O1. The van der Waals surface area contributed by atoms with E-state index in [1.807, 2.05) is 18.2 Å². The summed E-state index contributed by atoms with van der Waals surface area (Å²) in [6.45, 7) is 0. The molecule has 3 aromatic rings. The summed E-state index contributed by atoms with van der Waals surface area (Å²) in [5.41, 5.74) is 2.96. The molecule has 2 nitrogen and oxygen atoms in total. The maximum atomic E-state index is 6.21. The molecule has 1 atom stereocenters. The molecule has 0 saturated carbocycles. The minimum atomic E-state index is -0.571. The van der Waals surface area contributed by atoms with Crippen LogP contribution in [0.25, 0.3) is 0 Å². The molecule has 1 aliphatic rings. The summed E-state index contributed by atoms with van der Waals surface area (Å²) in [6.07, 6.45) is 2.45. The molecule has 1 aliphatic heterocycles. The minimum Gasteiger partial charge on any atom is -0.465 e. The first kappa shape index (κ1) is 14.7. The molecule has 0 amide bonds. The van der Waals surface area contributed by atoms with Crippen molar-refractivity contribution in [1.29, 1.82) is 0 Å². The Morgan fingerprint density at radius 1 is 0.708 bits per heavy atom. The van der Waals surface area contributed by atoms with Gasteiger partial charge in [0.25, 0.3) is 0 Å². The molecule has 24 heavy (non-hydrogen) atoms. The highest BCUT2D eigenvalue weighted by Gasteiger charge is 2.46. The number of benzene rings is 3. The predicted octanol–water partition coefficient (Wildman–Crippen LogP) is 4.60. The zero-order valence-corrected chi connectivity index (χ0v) is 13.4. The summed E-state index contributed by atoms with van der Waals surface area (Å²) in [4.78, 5) is 4.69. The van der Waals surface area contributed by atoms with Gasteiger partial charge < -0.3 is 4.74 Å². The van der Waals surface area contributed by atoms with Gasteiger partial charge in [-0.15, -0.1) is 0 Å². The van der Waals surface area contributed by atoms with E-state index in [1.54, 1.807) is 6.40 Å². The average molecular weight is 313 g/mol. The Kier molecular flexibility index (Phi) is 3.87. The van der Waals surface area contributed by atoms with Crippen LogP contribution >= 0.6 is 0 Å². The molecule has 0 spiro atoms. The van der Waals surface area contributed by atoms with Crippen molar-refractivity contribution in [3.63, 3.8) is 0 Å². The van der Waals surface area contributed by atoms with Gasteiger partial charge in [0, 0.05) is 11.1 Å². The molecule has 4 rings (SSSR count). The normalized spacial score (nSPS) is 18.2. The lowest BCUT2D eigenvalue weighted by atomic mass is 9.78. The summed E-state index contributed by atoms with van der Waals surface area (Å²) in [7, 11) is 0. The minimum absolute atomic E-state index is 0.00435. The van der Waals surface area contributed by atoms with Crippen LogP contribution < -0.4 is 0 Å². The van der Waals surface area contributed by atoms with Crippen LogP contribution in [0, 0.1) is 0 Å². The fourth-order valence-corrected chi connectivity index (χ4v) is 3.46.